The molecule has 2 aromatic rings. The number of ether oxygens (including phenoxy) is 2. The maximum absolute atomic E-state index is 10.6. The molecule has 0 saturated carbocycles. The van der Waals surface area contributed by atoms with Gasteiger partial charge in [-0.15, -0.1) is 0 Å². The van der Waals surface area contributed by atoms with Gasteiger partial charge in [0.2, 0.25) is 0 Å². The maximum Gasteiger partial charge on any atom is 0.341 e. The van der Waals surface area contributed by atoms with E-state index in [0.29, 0.717) is 11.5 Å². The molecule has 0 atom stereocenters. The number of aliphatic imine (C=N–C) groups is 1. The topological polar surface area (TPSA) is 68.1 Å². The lowest BCUT2D eigenvalue weighted by molar-refractivity contribution is -0.139. The van der Waals surface area contributed by atoms with Crippen LogP contribution >= 0.6 is 0 Å². The molecule has 0 radical (unpaired) electrons. The molecule has 0 bridgehead atoms. The summed E-state index contributed by atoms with van der Waals surface area (Å²) in [5, 5.41) is 8.66. The minimum absolute atomic E-state index is 0.388. The van der Waals surface area contributed by atoms with Gasteiger partial charge < -0.3 is 14.6 Å². The number of aryl methyl sites for hydroxylation is 1. The van der Waals surface area contributed by atoms with Gasteiger partial charge in [0, 0.05) is 6.21 Å². The van der Waals surface area contributed by atoms with Crippen LogP contribution in [0.4, 0.5) is 5.69 Å². The molecule has 0 spiro atoms. The van der Waals surface area contributed by atoms with Crippen molar-refractivity contribution in [2.24, 2.45) is 4.99 Å². The summed E-state index contributed by atoms with van der Waals surface area (Å²) in [5.74, 6) is -0.178. The second kappa shape index (κ2) is 7.45. The van der Waals surface area contributed by atoms with Crippen LogP contribution in [-0.4, -0.2) is 31.0 Å². The van der Waals surface area contributed by atoms with Crippen molar-refractivity contribution in [3.05, 3.63) is 53.1 Å². The molecule has 1 N–H and O–H groups in total. The van der Waals surface area contributed by atoms with Crippen LogP contribution in [0.25, 0.3) is 0 Å². The van der Waals surface area contributed by atoms with Gasteiger partial charge in [-0.2, -0.15) is 0 Å². The summed E-state index contributed by atoms with van der Waals surface area (Å²) < 4.78 is 10.4. The van der Waals surface area contributed by atoms with E-state index < -0.39 is 12.6 Å². The second-order valence-electron chi connectivity index (χ2n) is 5.07. The Kier molecular flexibility index (Phi) is 5.36. The third-order valence-corrected chi connectivity index (χ3v) is 3.47. The normalized spacial score (nSPS) is 10.7. The molecule has 23 heavy (non-hydrogen) atoms. The van der Waals surface area contributed by atoms with E-state index in [9.17, 15) is 4.79 Å². The van der Waals surface area contributed by atoms with Crippen molar-refractivity contribution >= 4 is 17.9 Å². The van der Waals surface area contributed by atoms with E-state index in [-0.39, 0.29) is 0 Å². The van der Waals surface area contributed by atoms with Gasteiger partial charge in [0.15, 0.2) is 18.1 Å². The van der Waals surface area contributed by atoms with Crippen molar-refractivity contribution in [2.75, 3.05) is 13.7 Å². The van der Waals surface area contributed by atoms with Crippen molar-refractivity contribution in [2.45, 2.75) is 13.8 Å². The van der Waals surface area contributed by atoms with E-state index in [1.54, 1.807) is 24.4 Å². The number of carbonyl (C=O) groups is 1. The van der Waals surface area contributed by atoms with E-state index in [2.05, 4.69) is 4.99 Å². The predicted molar refractivity (Wildman–Crippen MR) is 89.3 cm³/mol. The fraction of sp³-hybridized carbons (Fsp3) is 0.222. The molecule has 0 unspecified atom stereocenters. The Bertz CT molecular complexity index is 738. The molecule has 0 saturated heterocycles. The summed E-state index contributed by atoms with van der Waals surface area (Å²) in [6.45, 7) is 3.67. The summed E-state index contributed by atoms with van der Waals surface area (Å²) in [6.07, 6.45) is 1.74. The Morgan fingerprint density at radius 2 is 2.00 bits per heavy atom. The minimum Gasteiger partial charge on any atom is -0.493 e. The van der Waals surface area contributed by atoms with E-state index in [4.69, 9.17) is 14.6 Å². The number of aliphatic carboxylic acids is 1. The molecule has 5 nitrogen and oxygen atoms in total. The third kappa shape index (κ3) is 4.32. The number of benzene rings is 2. The number of methoxy groups -OCH3 is 1. The Labute approximate surface area is 135 Å². The molecule has 2 aromatic carbocycles. The average molecular weight is 313 g/mol. The summed E-state index contributed by atoms with van der Waals surface area (Å²) in [4.78, 5) is 15.1. The largest absolute Gasteiger partial charge is 0.493 e. The highest BCUT2D eigenvalue weighted by atomic mass is 16.5. The summed E-state index contributed by atoms with van der Waals surface area (Å²) in [6, 6.07) is 11.2. The van der Waals surface area contributed by atoms with Gasteiger partial charge >= 0.3 is 5.97 Å². The first-order valence-electron chi connectivity index (χ1n) is 7.14. The fourth-order valence-corrected chi connectivity index (χ4v) is 2.04. The molecule has 0 fully saturated rings. The van der Waals surface area contributed by atoms with Gasteiger partial charge in [-0.3, -0.25) is 4.99 Å². The van der Waals surface area contributed by atoms with Gasteiger partial charge in [-0.25, -0.2) is 4.79 Å². The van der Waals surface area contributed by atoms with Crippen LogP contribution in [0, 0.1) is 13.8 Å². The van der Waals surface area contributed by atoms with E-state index in [1.165, 1.54) is 12.7 Å². The smallest absolute Gasteiger partial charge is 0.341 e. The van der Waals surface area contributed by atoms with Gasteiger partial charge in [-0.1, -0.05) is 12.1 Å². The Morgan fingerprint density at radius 3 is 2.70 bits per heavy atom. The Morgan fingerprint density at radius 1 is 1.22 bits per heavy atom. The summed E-state index contributed by atoms with van der Waals surface area (Å²) in [5.41, 5.74) is 4.08. The standard InChI is InChI=1S/C18H19NO4/c1-12-5-4-6-15(13(12)2)19-10-14-7-8-16(17(9-14)22-3)23-11-18(20)21/h4-10H,11H2,1-3H3,(H,20,21). The van der Waals surface area contributed by atoms with Crippen molar-refractivity contribution in [1.82, 2.24) is 0 Å². The van der Waals surface area contributed by atoms with Crippen molar-refractivity contribution in [1.29, 1.82) is 0 Å². The van der Waals surface area contributed by atoms with Crippen LogP contribution in [0.3, 0.4) is 0 Å². The first-order chi connectivity index (χ1) is 11.0. The van der Waals surface area contributed by atoms with Gasteiger partial charge in [0.25, 0.3) is 0 Å². The summed E-state index contributed by atoms with van der Waals surface area (Å²) >= 11 is 0. The van der Waals surface area contributed by atoms with Gasteiger partial charge in [0.05, 0.1) is 12.8 Å². The molecular weight excluding hydrogens is 294 g/mol. The zero-order chi connectivity index (χ0) is 16.8. The summed E-state index contributed by atoms with van der Waals surface area (Å²) in [7, 11) is 1.51. The van der Waals surface area contributed by atoms with Crippen LogP contribution in [-0.2, 0) is 4.79 Å². The van der Waals surface area contributed by atoms with Crippen LogP contribution in [0.1, 0.15) is 16.7 Å². The van der Waals surface area contributed by atoms with Crippen molar-refractivity contribution < 1.29 is 19.4 Å². The lowest BCUT2D eigenvalue weighted by Gasteiger charge is -2.09. The number of carboxylic acid groups (broad SMARTS) is 1. The molecular formula is C18H19NO4. The lowest BCUT2D eigenvalue weighted by atomic mass is 10.1. The number of rotatable bonds is 6. The minimum atomic E-state index is -1.03. The van der Waals surface area contributed by atoms with Gasteiger partial charge in [-0.05, 0) is 54.8 Å². The lowest BCUT2D eigenvalue weighted by Crippen LogP contribution is -2.10. The van der Waals surface area contributed by atoms with Crippen LogP contribution in [0.2, 0.25) is 0 Å². The molecule has 0 aromatic heterocycles. The predicted octanol–water partition coefficient (Wildman–Crippen LogP) is 3.53. The van der Waals surface area contributed by atoms with Crippen LogP contribution in [0.5, 0.6) is 11.5 Å². The second-order valence-corrected chi connectivity index (χ2v) is 5.07. The number of hydrogen-bond acceptors (Lipinski definition) is 4. The van der Waals surface area contributed by atoms with Crippen molar-refractivity contribution in [3.8, 4) is 11.5 Å². The molecule has 0 amide bonds. The molecule has 0 aliphatic heterocycles. The van der Waals surface area contributed by atoms with E-state index >= 15 is 0 Å². The van der Waals surface area contributed by atoms with Crippen LogP contribution < -0.4 is 9.47 Å². The maximum atomic E-state index is 10.6. The Hall–Kier alpha value is -2.82. The number of hydrogen-bond donors (Lipinski definition) is 1. The molecule has 0 aliphatic carbocycles. The highest BCUT2D eigenvalue weighted by molar-refractivity contribution is 5.83. The third-order valence-electron chi connectivity index (χ3n) is 3.47. The zero-order valence-electron chi connectivity index (χ0n) is 13.4. The quantitative estimate of drug-likeness (QED) is 0.828. The zero-order valence-corrected chi connectivity index (χ0v) is 13.4. The monoisotopic (exact) mass is 313 g/mol. The number of nitrogens with zero attached hydrogens (tertiary/aromatic N) is 1. The van der Waals surface area contributed by atoms with Crippen LogP contribution in [0.15, 0.2) is 41.4 Å². The molecule has 5 heteroatoms. The molecule has 0 heterocycles. The number of carboxylic acids is 1. The first kappa shape index (κ1) is 16.5. The van der Waals surface area contributed by atoms with E-state index in [0.717, 1.165) is 16.8 Å². The van der Waals surface area contributed by atoms with E-state index in [1.807, 2.05) is 32.0 Å². The SMILES string of the molecule is COc1cc(C=Nc2cccc(C)c2C)ccc1OCC(=O)O. The van der Waals surface area contributed by atoms with Crippen molar-refractivity contribution in [3.63, 3.8) is 0 Å². The molecule has 0 aliphatic rings. The average Bonchev–Trinajstić information content (AvgIpc) is 2.54. The first-order valence-corrected chi connectivity index (χ1v) is 7.14. The van der Waals surface area contributed by atoms with Gasteiger partial charge in [0.1, 0.15) is 0 Å². The highest BCUT2D eigenvalue weighted by Crippen LogP contribution is 2.28. The fourth-order valence-electron chi connectivity index (χ4n) is 2.04. The molecule has 2 rings (SSSR count). The molecule has 120 valence electrons. The highest BCUT2D eigenvalue weighted by Gasteiger charge is 2.07. The Balaban J connectivity index is 2.22.